The number of ketones is 1. The first kappa shape index (κ1) is 21.0. The Hall–Kier alpha value is -3.71. The number of phenolic OH excluding ortho intramolecular Hbond substituents is 1. The highest BCUT2D eigenvalue weighted by Crippen LogP contribution is 2.32. The Balaban J connectivity index is 1.87. The maximum Gasteiger partial charge on any atom is 0.323 e. The summed E-state index contributed by atoms with van der Waals surface area (Å²) in [7, 11) is 0. The van der Waals surface area contributed by atoms with Crippen molar-refractivity contribution in [3.63, 3.8) is 0 Å². The van der Waals surface area contributed by atoms with Gasteiger partial charge in [-0.05, 0) is 36.2 Å². The van der Waals surface area contributed by atoms with Gasteiger partial charge in [0.2, 0.25) is 0 Å². The number of carbonyl (C=O) groups is 3. The number of nitrogens with two attached hydrogens (primary N) is 1. The number of aromatic hydroxyl groups is 1. The Labute approximate surface area is 173 Å². The molecule has 1 aliphatic rings. The summed E-state index contributed by atoms with van der Waals surface area (Å²) in [6, 6.07) is 12.2. The van der Waals surface area contributed by atoms with Crippen LogP contribution in [0.3, 0.4) is 0 Å². The third-order valence-electron chi connectivity index (χ3n) is 5.08. The van der Waals surface area contributed by atoms with Crippen LogP contribution in [-0.2, 0) is 16.0 Å². The molecule has 0 saturated carbocycles. The number of carboxylic acid groups (broad SMARTS) is 1. The van der Waals surface area contributed by atoms with Gasteiger partial charge in [0.15, 0.2) is 11.2 Å². The van der Waals surface area contributed by atoms with E-state index in [1.54, 1.807) is 48.5 Å². The van der Waals surface area contributed by atoms with Crippen molar-refractivity contribution in [2.75, 3.05) is 0 Å². The molecule has 2 unspecified atom stereocenters. The second-order valence-corrected chi connectivity index (χ2v) is 7.08. The smallest absolute Gasteiger partial charge is 0.323 e. The van der Waals surface area contributed by atoms with Gasteiger partial charge >= 0.3 is 5.97 Å². The number of amides is 1. The second kappa shape index (κ2) is 8.75. The molecule has 5 N–H and O–H groups in total. The van der Waals surface area contributed by atoms with Crippen LogP contribution in [0.15, 0.2) is 78.9 Å². The molecule has 0 aliphatic heterocycles. The van der Waals surface area contributed by atoms with E-state index in [2.05, 4.69) is 5.32 Å². The van der Waals surface area contributed by atoms with Crippen LogP contribution >= 0.6 is 0 Å². The maximum atomic E-state index is 13.3. The molecule has 7 heteroatoms. The third kappa shape index (κ3) is 4.16. The summed E-state index contributed by atoms with van der Waals surface area (Å²) in [6.07, 6.45) is 5.87. The van der Waals surface area contributed by atoms with E-state index >= 15 is 0 Å². The summed E-state index contributed by atoms with van der Waals surface area (Å²) in [4.78, 5) is 38.2. The molecule has 0 aromatic heterocycles. The van der Waals surface area contributed by atoms with E-state index in [0.29, 0.717) is 11.1 Å². The van der Waals surface area contributed by atoms with Crippen LogP contribution in [0.1, 0.15) is 15.9 Å². The van der Waals surface area contributed by atoms with Gasteiger partial charge in [-0.25, -0.2) is 0 Å². The average Bonchev–Trinajstić information content (AvgIpc) is 2.75. The highest BCUT2D eigenvalue weighted by Gasteiger charge is 2.52. The van der Waals surface area contributed by atoms with Gasteiger partial charge in [0.05, 0.1) is 12.1 Å². The van der Waals surface area contributed by atoms with Crippen LogP contribution in [0.5, 0.6) is 5.75 Å². The highest BCUT2D eigenvalue weighted by molar-refractivity contribution is 6.10. The minimum absolute atomic E-state index is 0.0738. The fourth-order valence-electron chi connectivity index (χ4n) is 3.44. The largest absolute Gasteiger partial charge is 0.508 e. The molecule has 0 radical (unpaired) electrons. The molecule has 1 aliphatic carbocycles. The van der Waals surface area contributed by atoms with Crippen LogP contribution in [0, 0.1) is 5.41 Å². The molecule has 0 fully saturated rings. The lowest BCUT2D eigenvalue weighted by molar-refractivity contribution is -0.153. The number of nitrogens with one attached hydrogen (secondary N) is 1. The van der Waals surface area contributed by atoms with Gasteiger partial charge in [-0.15, -0.1) is 0 Å². The quantitative estimate of drug-likeness (QED) is 0.519. The van der Waals surface area contributed by atoms with Crippen LogP contribution in [0.2, 0.25) is 0 Å². The van der Waals surface area contributed by atoms with E-state index in [1.165, 1.54) is 30.4 Å². The lowest BCUT2D eigenvalue weighted by Crippen LogP contribution is -2.59. The second-order valence-electron chi connectivity index (χ2n) is 7.08. The summed E-state index contributed by atoms with van der Waals surface area (Å²) in [5, 5.41) is 22.1. The summed E-state index contributed by atoms with van der Waals surface area (Å²) in [5.41, 5.74) is 5.09. The van der Waals surface area contributed by atoms with E-state index in [4.69, 9.17) is 5.73 Å². The van der Waals surface area contributed by atoms with E-state index in [9.17, 15) is 24.6 Å². The number of hydrogen-bond acceptors (Lipinski definition) is 5. The Bertz CT molecular complexity index is 998. The molecular formula is C23H22N2O5. The molecule has 154 valence electrons. The topological polar surface area (TPSA) is 130 Å². The van der Waals surface area contributed by atoms with Gasteiger partial charge in [0.25, 0.3) is 5.91 Å². The Morgan fingerprint density at radius 2 is 1.70 bits per heavy atom. The lowest BCUT2D eigenvalue weighted by Gasteiger charge is -2.35. The van der Waals surface area contributed by atoms with Crippen molar-refractivity contribution in [1.29, 1.82) is 0 Å². The standard InChI is InChI=1S/C23H22N2O5/c24-18(14-15-9-11-17(26)12-10-15)20(27)23(22(29)30)13-5-4-8-19(23)25-21(28)16-6-2-1-3-7-16/h1-13,18-19,26H,14,24H2,(H,25,28)(H,29,30)/t18-,19?,23?/m0/s1. The first-order chi connectivity index (χ1) is 14.3. The van der Waals surface area contributed by atoms with Crippen LogP contribution in [0.4, 0.5) is 0 Å². The Morgan fingerprint density at radius 1 is 1.03 bits per heavy atom. The minimum atomic E-state index is -2.03. The predicted octanol–water partition coefficient (Wildman–Crippen LogP) is 1.83. The van der Waals surface area contributed by atoms with Crippen molar-refractivity contribution in [3.8, 4) is 5.75 Å². The number of benzene rings is 2. The average molecular weight is 406 g/mol. The van der Waals surface area contributed by atoms with Crippen LogP contribution in [-0.4, -0.2) is 40.0 Å². The van der Waals surface area contributed by atoms with Crippen LogP contribution in [0.25, 0.3) is 0 Å². The summed E-state index contributed by atoms with van der Waals surface area (Å²) in [6.45, 7) is 0. The fraction of sp³-hybridized carbons (Fsp3) is 0.174. The predicted molar refractivity (Wildman–Crippen MR) is 111 cm³/mol. The molecule has 2 aromatic rings. The molecule has 0 heterocycles. The molecule has 30 heavy (non-hydrogen) atoms. The van der Waals surface area contributed by atoms with Crippen molar-refractivity contribution in [1.82, 2.24) is 5.32 Å². The SMILES string of the molecule is N[C@@H](Cc1ccc(O)cc1)C(=O)C1(C(=O)O)C=CC=CC1NC(=O)c1ccccc1. The molecule has 2 aromatic carbocycles. The number of carboxylic acids is 1. The van der Waals surface area contributed by atoms with E-state index in [1.807, 2.05) is 0 Å². The fourth-order valence-corrected chi connectivity index (χ4v) is 3.44. The molecule has 3 rings (SSSR count). The zero-order valence-corrected chi connectivity index (χ0v) is 16.1. The van der Waals surface area contributed by atoms with E-state index < -0.39 is 35.2 Å². The van der Waals surface area contributed by atoms with Gasteiger partial charge in [0.1, 0.15) is 5.75 Å². The van der Waals surface area contributed by atoms with Crippen molar-refractivity contribution in [2.24, 2.45) is 11.1 Å². The Morgan fingerprint density at radius 3 is 2.33 bits per heavy atom. The first-order valence-corrected chi connectivity index (χ1v) is 9.37. The van der Waals surface area contributed by atoms with Crippen LogP contribution < -0.4 is 11.1 Å². The summed E-state index contributed by atoms with van der Waals surface area (Å²) < 4.78 is 0. The molecular weight excluding hydrogens is 384 g/mol. The molecule has 0 spiro atoms. The zero-order valence-electron chi connectivity index (χ0n) is 16.1. The molecule has 3 atom stereocenters. The number of Topliss-reactive ketones (excluding diaryl/α,β-unsaturated/α-hetero) is 1. The van der Waals surface area contributed by atoms with Gasteiger partial charge in [-0.1, -0.05) is 54.6 Å². The van der Waals surface area contributed by atoms with E-state index in [-0.39, 0.29) is 12.2 Å². The van der Waals surface area contributed by atoms with Crippen molar-refractivity contribution in [2.45, 2.75) is 18.5 Å². The van der Waals surface area contributed by atoms with Gasteiger partial charge in [-0.3, -0.25) is 14.4 Å². The van der Waals surface area contributed by atoms with Crippen molar-refractivity contribution in [3.05, 3.63) is 90.0 Å². The first-order valence-electron chi connectivity index (χ1n) is 9.37. The monoisotopic (exact) mass is 406 g/mol. The minimum Gasteiger partial charge on any atom is -0.508 e. The summed E-state index contributed by atoms with van der Waals surface area (Å²) in [5.74, 6) is -2.54. The van der Waals surface area contributed by atoms with Crippen molar-refractivity contribution < 1.29 is 24.6 Å². The number of rotatable bonds is 7. The highest BCUT2D eigenvalue weighted by atomic mass is 16.4. The number of phenols is 1. The normalized spacial score (nSPS) is 21.0. The van der Waals surface area contributed by atoms with Gasteiger partial charge in [-0.2, -0.15) is 0 Å². The van der Waals surface area contributed by atoms with E-state index in [0.717, 1.165) is 0 Å². The molecule has 0 bridgehead atoms. The number of aliphatic carboxylic acids is 1. The summed E-state index contributed by atoms with van der Waals surface area (Å²) >= 11 is 0. The third-order valence-corrected chi connectivity index (χ3v) is 5.08. The lowest BCUT2D eigenvalue weighted by atomic mass is 9.71. The molecule has 7 nitrogen and oxygen atoms in total. The molecule has 0 saturated heterocycles. The van der Waals surface area contributed by atoms with Gasteiger partial charge in [0, 0.05) is 5.56 Å². The van der Waals surface area contributed by atoms with Gasteiger partial charge < -0.3 is 21.3 Å². The maximum absolute atomic E-state index is 13.3. The Kier molecular flexibility index (Phi) is 6.13. The zero-order chi connectivity index (χ0) is 21.7. The number of allylic oxidation sites excluding steroid dienone is 2. The van der Waals surface area contributed by atoms with Crippen molar-refractivity contribution >= 4 is 17.7 Å². The number of hydrogen-bond donors (Lipinski definition) is 4. The molecule has 1 amide bonds. The number of carbonyl (C=O) groups excluding carboxylic acids is 2.